The number of rotatable bonds is 16. The fourth-order valence-corrected chi connectivity index (χ4v) is 2.68. The van der Waals surface area contributed by atoms with E-state index in [9.17, 15) is 19.2 Å². The second-order valence-electron chi connectivity index (χ2n) is 5.98. The first-order valence-electron chi connectivity index (χ1n) is 8.90. The predicted molar refractivity (Wildman–Crippen MR) is 122 cm³/mol. The number of thioether (sulfide) groups is 1. The van der Waals surface area contributed by atoms with Crippen LogP contribution in [0.1, 0.15) is 19.3 Å². The average Bonchev–Trinajstić information content (AvgIpc) is 2.72. The van der Waals surface area contributed by atoms with Gasteiger partial charge in [0, 0.05) is 17.3 Å². The van der Waals surface area contributed by atoms with Gasteiger partial charge >= 0.3 is 24.1 Å². The molecule has 0 rings (SSSR count). The van der Waals surface area contributed by atoms with Gasteiger partial charge in [-0.25, -0.2) is 4.79 Å². The number of hydrogen-bond acceptors (Lipinski definition) is 13. The van der Waals surface area contributed by atoms with Crippen molar-refractivity contribution in [2.24, 2.45) is 5.41 Å². The molecule has 0 bridgehead atoms. The monoisotopic (exact) mass is 504 g/mol. The summed E-state index contributed by atoms with van der Waals surface area (Å²) in [6.07, 6.45) is 1.09. The molecule has 0 saturated heterocycles. The van der Waals surface area contributed by atoms with E-state index in [4.69, 9.17) is 18.9 Å². The van der Waals surface area contributed by atoms with E-state index in [0.29, 0.717) is 5.75 Å². The smallest absolute Gasteiger partial charge is 0.465 e. The molecule has 0 heterocycles. The Bertz CT molecular complexity index is 490. The standard InChI is InChI=1S/C17H28O9S4/c1-30-7-4-15(20)24-10-17(8-22-13(18)2-5-27,9-23-14(19)3-6-28)11-25-16(21)26-12-29/h27-29H,2-12H2,1H3. The van der Waals surface area contributed by atoms with Crippen molar-refractivity contribution >= 4 is 73.7 Å². The molecule has 0 radical (unpaired) electrons. The first-order chi connectivity index (χ1) is 14.3. The van der Waals surface area contributed by atoms with E-state index in [1.54, 1.807) is 0 Å². The number of thiol groups is 3. The second-order valence-corrected chi connectivity index (χ2v) is 8.12. The highest BCUT2D eigenvalue weighted by Crippen LogP contribution is 2.22. The summed E-state index contributed by atoms with van der Waals surface area (Å²) in [6.45, 7) is -1.34. The minimum absolute atomic E-state index is 0.0503. The van der Waals surface area contributed by atoms with Gasteiger partial charge in [0.2, 0.25) is 0 Å². The Kier molecular flexibility index (Phi) is 17.2. The van der Waals surface area contributed by atoms with Crippen molar-refractivity contribution in [1.29, 1.82) is 0 Å². The number of hydrogen-bond donors (Lipinski definition) is 3. The van der Waals surface area contributed by atoms with Crippen molar-refractivity contribution in [3.8, 4) is 0 Å². The summed E-state index contributed by atoms with van der Waals surface area (Å²) in [5, 5.41) is 0. The molecule has 0 saturated carbocycles. The van der Waals surface area contributed by atoms with Crippen LogP contribution in [0.25, 0.3) is 0 Å². The minimum atomic E-state index is -1.32. The lowest BCUT2D eigenvalue weighted by molar-refractivity contribution is -0.165. The summed E-state index contributed by atoms with van der Waals surface area (Å²) < 4.78 is 25.3. The average molecular weight is 505 g/mol. The Morgan fingerprint density at radius 1 is 0.700 bits per heavy atom. The Morgan fingerprint density at radius 2 is 1.13 bits per heavy atom. The molecular formula is C17H28O9S4. The van der Waals surface area contributed by atoms with Crippen LogP contribution in [-0.4, -0.2) is 79.9 Å². The highest BCUT2D eigenvalue weighted by molar-refractivity contribution is 7.98. The highest BCUT2D eigenvalue weighted by Gasteiger charge is 2.38. The normalized spacial score (nSPS) is 10.8. The van der Waals surface area contributed by atoms with Gasteiger partial charge in [-0.2, -0.15) is 37.0 Å². The van der Waals surface area contributed by atoms with E-state index < -0.39 is 36.1 Å². The van der Waals surface area contributed by atoms with E-state index in [2.05, 4.69) is 42.6 Å². The summed E-state index contributed by atoms with van der Waals surface area (Å²) in [6, 6.07) is 0. The molecule has 0 aliphatic heterocycles. The van der Waals surface area contributed by atoms with Gasteiger partial charge in [-0.05, 0) is 6.26 Å². The topological polar surface area (TPSA) is 114 Å². The van der Waals surface area contributed by atoms with Crippen LogP contribution in [0.3, 0.4) is 0 Å². The molecule has 0 spiro atoms. The third-order valence-electron chi connectivity index (χ3n) is 3.44. The molecule has 0 aliphatic carbocycles. The van der Waals surface area contributed by atoms with Crippen LogP contribution in [-0.2, 0) is 38.1 Å². The third kappa shape index (κ3) is 14.1. The lowest BCUT2D eigenvalue weighted by atomic mass is 9.92. The minimum Gasteiger partial charge on any atom is -0.465 e. The van der Waals surface area contributed by atoms with E-state index >= 15 is 0 Å². The van der Waals surface area contributed by atoms with Crippen molar-refractivity contribution in [2.75, 3.05) is 55.9 Å². The van der Waals surface area contributed by atoms with Crippen LogP contribution in [0.5, 0.6) is 0 Å². The molecular weight excluding hydrogens is 476 g/mol. The van der Waals surface area contributed by atoms with Crippen LogP contribution in [0.2, 0.25) is 0 Å². The molecule has 13 heteroatoms. The summed E-state index contributed by atoms with van der Waals surface area (Å²) in [7, 11) is 0. The van der Waals surface area contributed by atoms with E-state index in [1.807, 2.05) is 6.26 Å². The van der Waals surface area contributed by atoms with Gasteiger partial charge in [0.25, 0.3) is 0 Å². The number of carbonyl (C=O) groups is 4. The van der Waals surface area contributed by atoms with Crippen LogP contribution in [0.4, 0.5) is 4.79 Å². The third-order valence-corrected chi connectivity index (χ3v) is 4.63. The first kappa shape index (κ1) is 29.1. The van der Waals surface area contributed by atoms with Gasteiger partial charge in [0.15, 0.2) is 0 Å². The van der Waals surface area contributed by atoms with E-state index in [0.717, 1.165) is 0 Å². The van der Waals surface area contributed by atoms with Crippen molar-refractivity contribution in [2.45, 2.75) is 19.3 Å². The molecule has 0 aromatic carbocycles. The summed E-state index contributed by atoms with van der Waals surface area (Å²) in [4.78, 5) is 47.2. The first-order valence-corrected chi connectivity index (χ1v) is 12.2. The quantitative estimate of drug-likeness (QED) is 0.125. The van der Waals surface area contributed by atoms with Crippen molar-refractivity contribution in [1.82, 2.24) is 0 Å². The van der Waals surface area contributed by atoms with E-state index in [-0.39, 0.29) is 56.5 Å². The Hall–Kier alpha value is -0.920. The number of esters is 3. The zero-order valence-corrected chi connectivity index (χ0v) is 20.2. The van der Waals surface area contributed by atoms with Crippen LogP contribution in [0, 0.1) is 5.41 Å². The fraction of sp³-hybridized carbons (Fsp3) is 0.765. The summed E-state index contributed by atoms with van der Waals surface area (Å²) in [5.41, 5.74) is -1.32. The summed E-state index contributed by atoms with van der Waals surface area (Å²) in [5.74, 6) is -0.692. The Balaban J connectivity index is 5.36. The van der Waals surface area contributed by atoms with Crippen LogP contribution < -0.4 is 0 Å². The van der Waals surface area contributed by atoms with Crippen molar-refractivity contribution in [3.05, 3.63) is 0 Å². The second kappa shape index (κ2) is 17.7. The maximum Gasteiger partial charge on any atom is 0.509 e. The zero-order valence-electron chi connectivity index (χ0n) is 16.7. The van der Waals surface area contributed by atoms with Gasteiger partial charge in [-0.3, -0.25) is 14.4 Å². The molecule has 9 nitrogen and oxygen atoms in total. The van der Waals surface area contributed by atoms with Gasteiger partial charge < -0.3 is 23.7 Å². The van der Waals surface area contributed by atoms with Crippen LogP contribution >= 0.6 is 49.6 Å². The van der Waals surface area contributed by atoms with Gasteiger partial charge in [0.1, 0.15) is 37.8 Å². The molecule has 30 heavy (non-hydrogen) atoms. The largest absolute Gasteiger partial charge is 0.509 e. The lowest BCUT2D eigenvalue weighted by Crippen LogP contribution is -2.44. The molecule has 0 fully saturated rings. The van der Waals surface area contributed by atoms with Gasteiger partial charge in [-0.15, -0.1) is 12.6 Å². The van der Waals surface area contributed by atoms with Gasteiger partial charge in [-0.1, -0.05) is 0 Å². The highest BCUT2D eigenvalue weighted by atomic mass is 32.2. The van der Waals surface area contributed by atoms with Crippen LogP contribution in [0.15, 0.2) is 0 Å². The molecule has 0 aromatic heterocycles. The number of carbonyl (C=O) groups excluding carboxylic acids is 4. The molecule has 174 valence electrons. The molecule has 0 amide bonds. The van der Waals surface area contributed by atoms with Crippen molar-refractivity contribution < 1.29 is 42.9 Å². The van der Waals surface area contributed by atoms with Gasteiger partial charge in [0.05, 0.1) is 19.3 Å². The Morgan fingerprint density at radius 3 is 1.53 bits per heavy atom. The maximum atomic E-state index is 12.0. The Labute approximate surface area is 196 Å². The van der Waals surface area contributed by atoms with E-state index in [1.165, 1.54) is 11.8 Å². The zero-order chi connectivity index (χ0) is 22.8. The SMILES string of the molecule is CSCCC(=O)OCC(COC(=O)CCS)(COC(=O)CCS)COC(=O)OCS. The number of ether oxygens (including phenoxy) is 5. The predicted octanol–water partition coefficient (Wildman–Crippen LogP) is 2.04. The summed E-state index contributed by atoms with van der Waals surface area (Å²) >= 11 is 13.2. The molecule has 0 aliphatic rings. The lowest BCUT2D eigenvalue weighted by Gasteiger charge is -2.31. The fourth-order valence-electron chi connectivity index (χ4n) is 1.84. The molecule has 0 unspecified atom stereocenters. The molecule has 0 aromatic rings. The van der Waals surface area contributed by atoms with Crippen molar-refractivity contribution in [3.63, 3.8) is 0 Å². The molecule has 0 atom stereocenters. The molecule has 0 N–H and O–H groups in total. The maximum absolute atomic E-state index is 12.0.